The first-order valence-corrected chi connectivity index (χ1v) is 21.8. The van der Waals surface area contributed by atoms with Crippen LogP contribution in [0.1, 0.15) is 133 Å². The molecular weight excluding hydrogens is 808 g/mol. The average molecular weight is 863 g/mol. The summed E-state index contributed by atoms with van der Waals surface area (Å²) in [5.41, 5.74) is 8.70. The highest BCUT2D eigenvalue weighted by Crippen LogP contribution is 2.47. The van der Waals surface area contributed by atoms with Gasteiger partial charge >= 0.3 is 0 Å². The molecule has 0 radical (unpaired) electrons. The largest absolute Gasteiger partial charge is 0.493 e. The molecule has 4 nitrogen and oxygen atoms in total. The van der Waals surface area contributed by atoms with Crippen LogP contribution in [0.25, 0.3) is 33.9 Å². The maximum atomic E-state index is 6.90. The first kappa shape index (κ1) is 41.2. The van der Waals surface area contributed by atoms with E-state index in [1.54, 1.807) is 0 Å². The van der Waals surface area contributed by atoms with Crippen LogP contribution < -0.4 is 4.74 Å². The van der Waals surface area contributed by atoms with E-state index in [9.17, 15) is 0 Å². The van der Waals surface area contributed by atoms with Crippen molar-refractivity contribution in [2.45, 2.75) is 117 Å². The molecule has 1 heterocycles. The van der Waals surface area contributed by atoms with Crippen LogP contribution in [0.5, 0.6) is 5.75 Å². The molecule has 0 amide bonds. The molecule has 0 N–H and O–H groups in total. The van der Waals surface area contributed by atoms with Crippen LogP contribution in [0, 0.1) is 5.92 Å². The van der Waals surface area contributed by atoms with E-state index in [4.69, 9.17) is 20.9 Å². The molecule has 1 aliphatic carbocycles. The number of benzene rings is 4. The smallest absolute Gasteiger partial charge is 0.187 e. The molecular formula is C46H55Br2ClN2O2. The molecule has 0 aliphatic heterocycles. The predicted octanol–water partition coefficient (Wildman–Crippen LogP) is 15.9. The number of hydrogen-bond acceptors (Lipinski definition) is 4. The third-order valence-corrected chi connectivity index (χ3v) is 11.5. The van der Waals surface area contributed by atoms with Gasteiger partial charge in [-0.2, -0.15) is 0 Å². The summed E-state index contributed by atoms with van der Waals surface area (Å²) in [6.07, 6.45) is 23.8. The highest BCUT2D eigenvalue weighted by atomic mass is 79.9. The molecule has 282 valence electrons. The molecule has 0 spiro atoms. The second-order valence-corrected chi connectivity index (χ2v) is 16.6. The molecule has 7 heteroatoms. The summed E-state index contributed by atoms with van der Waals surface area (Å²) in [4.78, 5) is 0. The SMILES string of the molecule is CCCCCCCCCCC(CCCCCCCC)COc1ccc(C=C2c3cc(Br)ccc3-c3ccc(Br)cc32)c(Cl)c1.c1ccc2onnc2c1. The Balaban J connectivity index is 0.000000518. The number of ether oxygens (including phenoxy) is 1. The van der Waals surface area contributed by atoms with Crippen molar-refractivity contribution in [2.75, 3.05) is 6.61 Å². The van der Waals surface area contributed by atoms with Gasteiger partial charge in [-0.15, -0.1) is 5.10 Å². The van der Waals surface area contributed by atoms with Crippen molar-refractivity contribution < 1.29 is 9.26 Å². The van der Waals surface area contributed by atoms with Crippen LogP contribution in [0.4, 0.5) is 0 Å². The summed E-state index contributed by atoms with van der Waals surface area (Å²) in [6.45, 7) is 5.36. The fourth-order valence-electron chi connectivity index (χ4n) is 7.15. The number of halogens is 3. The maximum absolute atomic E-state index is 6.90. The molecule has 0 bridgehead atoms. The lowest BCUT2D eigenvalue weighted by Crippen LogP contribution is -2.12. The van der Waals surface area contributed by atoms with E-state index in [0.29, 0.717) is 5.92 Å². The van der Waals surface area contributed by atoms with Crippen LogP contribution >= 0.6 is 43.5 Å². The molecule has 0 saturated heterocycles. The monoisotopic (exact) mass is 860 g/mol. The van der Waals surface area contributed by atoms with Crippen molar-refractivity contribution in [3.8, 4) is 16.9 Å². The zero-order valence-electron chi connectivity index (χ0n) is 31.5. The van der Waals surface area contributed by atoms with Crippen molar-refractivity contribution >= 4 is 66.2 Å². The summed E-state index contributed by atoms with van der Waals surface area (Å²) in [7, 11) is 0. The summed E-state index contributed by atoms with van der Waals surface area (Å²) < 4.78 is 13.3. The lowest BCUT2D eigenvalue weighted by atomic mass is 9.94. The van der Waals surface area contributed by atoms with Crippen molar-refractivity contribution in [3.05, 3.63) is 110 Å². The number of nitrogens with zero attached hydrogens (tertiary/aromatic N) is 2. The van der Waals surface area contributed by atoms with Gasteiger partial charge in [-0.1, -0.05) is 171 Å². The van der Waals surface area contributed by atoms with Crippen LogP contribution in [0.3, 0.4) is 0 Å². The maximum Gasteiger partial charge on any atom is 0.187 e. The zero-order chi connectivity index (χ0) is 37.3. The number of para-hydroxylation sites is 1. The Morgan fingerprint density at radius 2 is 1.23 bits per heavy atom. The second-order valence-electron chi connectivity index (χ2n) is 14.4. The normalized spacial score (nSPS) is 12.3. The second kappa shape index (κ2) is 22.4. The van der Waals surface area contributed by atoms with Gasteiger partial charge < -0.3 is 9.26 Å². The Kier molecular flexibility index (Phi) is 17.5. The first-order valence-electron chi connectivity index (χ1n) is 19.9. The lowest BCUT2D eigenvalue weighted by molar-refractivity contribution is 0.224. The summed E-state index contributed by atoms with van der Waals surface area (Å²) in [5.74, 6) is 1.49. The van der Waals surface area contributed by atoms with Crippen LogP contribution in [-0.4, -0.2) is 17.0 Å². The summed E-state index contributed by atoms with van der Waals surface area (Å²) in [6, 6.07) is 26.7. The molecule has 6 rings (SSSR count). The minimum atomic E-state index is 0.616. The Bertz CT molecular complexity index is 1800. The molecule has 53 heavy (non-hydrogen) atoms. The Morgan fingerprint density at radius 3 is 1.79 bits per heavy atom. The standard InChI is InChI=1S/C40H51Br2ClO.C6H4N2O/c1-3-5-7-9-11-12-14-16-18-30(17-15-13-10-8-6-4-2)29-44-34-22-19-31(40(43)28-34)25-37-38-26-32(41)20-23-35(38)36-24-21-33(42)27-39(36)37;1-2-4-6-5(3-1)7-8-9-6/h19-28,30H,3-18,29H2,1-2H3;1-4H. The van der Waals surface area contributed by atoms with Crippen molar-refractivity contribution in [2.24, 2.45) is 5.92 Å². The Labute approximate surface area is 339 Å². The minimum absolute atomic E-state index is 0.616. The van der Waals surface area contributed by atoms with Crippen LogP contribution in [0.15, 0.2) is 92.3 Å². The molecule has 4 aromatic carbocycles. The summed E-state index contributed by atoms with van der Waals surface area (Å²) >= 11 is 14.3. The van der Waals surface area contributed by atoms with Gasteiger partial charge in [0, 0.05) is 14.2 Å². The van der Waals surface area contributed by atoms with Gasteiger partial charge in [-0.05, 0) is 113 Å². The zero-order valence-corrected chi connectivity index (χ0v) is 35.5. The Hall–Kier alpha value is -2.93. The van der Waals surface area contributed by atoms with E-state index in [0.717, 1.165) is 43.0 Å². The number of fused-ring (bicyclic) bond motifs is 4. The molecule has 0 fully saturated rings. The van der Waals surface area contributed by atoms with Gasteiger partial charge in [0.25, 0.3) is 0 Å². The van der Waals surface area contributed by atoms with Gasteiger partial charge in [0.05, 0.1) is 11.6 Å². The van der Waals surface area contributed by atoms with E-state index in [-0.39, 0.29) is 0 Å². The lowest BCUT2D eigenvalue weighted by Gasteiger charge is -2.18. The van der Waals surface area contributed by atoms with Crippen LogP contribution in [-0.2, 0) is 0 Å². The van der Waals surface area contributed by atoms with Crippen molar-refractivity contribution in [1.29, 1.82) is 0 Å². The van der Waals surface area contributed by atoms with Gasteiger partial charge in [0.2, 0.25) is 0 Å². The van der Waals surface area contributed by atoms with Crippen molar-refractivity contribution in [1.82, 2.24) is 10.4 Å². The number of unbranched alkanes of at least 4 members (excludes halogenated alkanes) is 12. The molecule has 1 aliphatic rings. The number of rotatable bonds is 20. The van der Waals surface area contributed by atoms with E-state index in [1.807, 2.05) is 30.3 Å². The fourth-order valence-corrected chi connectivity index (χ4v) is 8.10. The highest BCUT2D eigenvalue weighted by Gasteiger charge is 2.24. The molecule has 1 unspecified atom stereocenters. The van der Waals surface area contributed by atoms with Gasteiger partial charge in [0.1, 0.15) is 11.3 Å². The third kappa shape index (κ3) is 12.8. The van der Waals surface area contributed by atoms with E-state index < -0.39 is 0 Å². The van der Waals surface area contributed by atoms with E-state index in [1.165, 1.54) is 131 Å². The van der Waals surface area contributed by atoms with Gasteiger partial charge in [-0.3, -0.25) is 0 Å². The summed E-state index contributed by atoms with van der Waals surface area (Å²) in [5, 5.41) is 7.81. The quantitative estimate of drug-likeness (QED) is 0.0718. The Morgan fingerprint density at radius 1 is 0.660 bits per heavy atom. The van der Waals surface area contributed by atoms with E-state index in [2.05, 4.69) is 111 Å². The van der Waals surface area contributed by atoms with Crippen molar-refractivity contribution in [3.63, 3.8) is 0 Å². The highest BCUT2D eigenvalue weighted by molar-refractivity contribution is 9.10. The molecule has 0 saturated carbocycles. The average Bonchev–Trinajstić information content (AvgIpc) is 3.76. The van der Waals surface area contributed by atoms with Gasteiger partial charge in [0.15, 0.2) is 5.58 Å². The third-order valence-electron chi connectivity index (χ3n) is 10.2. The predicted molar refractivity (Wildman–Crippen MR) is 232 cm³/mol. The number of aromatic nitrogens is 2. The molecule has 1 aromatic heterocycles. The molecule has 1 atom stereocenters. The number of hydrogen-bond donors (Lipinski definition) is 0. The first-order chi connectivity index (χ1) is 26.0. The van der Waals surface area contributed by atoms with Gasteiger partial charge in [-0.25, -0.2) is 0 Å². The topological polar surface area (TPSA) is 48.2 Å². The van der Waals surface area contributed by atoms with E-state index >= 15 is 0 Å². The van der Waals surface area contributed by atoms with Crippen LogP contribution in [0.2, 0.25) is 5.02 Å². The molecule has 5 aromatic rings. The minimum Gasteiger partial charge on any atom is -0.493 e. The fraction of sp³-hybridized carbons (Fsp3) is 0.435.